The molecule has 0 spiro atoms. The molecule has 4 rings (SSSR count). The van der Waals surface area contributed by atoms with E-state index in [1.165, 1.54) is 5.56 Å². The first kappa shape index (κ1) is 16.8. The van der Waals surface area contributed by atoms with E-state index in [0.717, 1.165) is 38.2 Å². The smallest absolute Gasteiger partial charge is 0.319 e. The number of rotatable bonds is 6. The molecule has 26 heavy (non-hydrogen) atoms. The van der Waals surface area contributed by atoms with Gasteiger partial charge in [0.25, 0.3) is 0 Å². The lowest BCUT2D eigenvalue weighted by atomic mass is 9.97. The van der Waals surface area contributed by atoms with E-state index in [9.17, 15) is 0 Å². The van der Waals surface area contributed by atoms with E-state index in [-0.39, 0.29) is 0 Å². The predicted octanol–water partition coefficient (Wildman–Crippen LogP) is 3.56. The van der Waals surface area contributed by atoms with Crippen molar-refractivity contribution in [1.82, 2.24) is 19.7 Å². The minimum atomic E-state index is 0.572. The summed E-state index contributed by atoms with van der Waals surface area (Å²) in [7, 11) is 0. The highest BCUT2D eigenvalue weighted by Crippen LogP contribution is 2.21. The highest BCUT2D eigenvalue weighted by molar-refractivity contribution is 5.32. The molecule has 2 aromatic carbocycles. The fraction of sp³-hybridized carbons (Fsp3) is 0.333. The fourth-order valence-corrected chi connectivity index (χ4v) is 3.42. The first-order valence-corrected chi connectivity index (χ1v) is 9.23. The molecule has 1 aliphatic heterocycles. The van der Waals surface area contributed by atoms with E-state index in [0.29, 0.717) is 18.5 Å². The van der Waals surface area contributed by atoms with Gasteiger partial charge in [0.15, 0.2) is 0 Å². The van der Waals surface area contributed by atoms with Crippen LogP contribution in [0, 0.1) is 5.92 Å². The monoisotopic (exact) mass is 348 g/mol. The van der Waals surface area contributed by atoms with E-state index in [4.69, 9.17) is 4.74 Å². The second-order valence-electron chi connectivity index (χ2n) is 6.81. The molecule has 1 aromatic heterocycles. The molecule has 5 heteroatoms. The third-order valence-electron chi connectivity index (χ3n) is 4.92. The Morgan fingerprint density at radius 2 is 1.62 bits per heavy atom. The highest BCUT2D eigenvalue weighted by atomic mass is 16.5. The lowest BCUT2D eigenvalue weighted by molar-refractivity contribution is 0.131. The van der Waals surface area contributed by atoms with Crippen LogP contribution in [-0.2, 0) is 6.54 Å². The topological polar surface area (TPSA) is 43.2 Å². The van der Waals surface area contributed by atoms with Crippen LogP contribution >= 0.6 is 0 Å². The van der Waals surface area contributed by atoms with Crippen molar-refractivity contribution >= 4 is 0 Å². The second-order valence-corrected chi connectivity index (χ2v) is 6.81. The molecule has 0 aliphatic carbocycles. The van der Waals surface area contributed by atoms with Gasteiger partial charge in [0, 0.05) is 6.54 Å². The molecule has 1 aliphatic rings. The molecule has 2 heterocycles. The molecule has 0 amide bonds. The van der Waals surface area contributed by atoms with E-state index in [1.54, 1.807) is 11.0 Å². The quantitative estimate of drug-likeness (QED) is 0.683. The van der Waals surface area contributed by atoms with Crippen LogP contribution in [0.15, 0.2) is 67.0 Å². The maximum atomic E-state index is 6.00. The predicted molar refractivity (Wildman–Crippen MR) is 101 cm³/mol. The van der Waals surface area contributed by atoms with Crippen LogP contribution < -0.4 is 4.74 Å². The van der Waals surface area contributed by atoms with Crippen LogP contribution in [0.5, 0.6) is 6.01 Å². The summed E-state index contributed by atoms with van der Waals surface area (Å²) < 4.78 is 7.75. The number of hydrogen-bond donors (Lipinski definition) is 0. The van der Waals surface area contributed by atoms with Crippen LogP contribution in [0.4, 0.5) is 0 Å². The summed E-state index contributed by atoms with van der Waals surface area (Å²) in [5.74, 6) is 0.572. The van der Waals surface area contributed by atoms with Crippen molar-refractivity contribution in [2.75, 3.05) is 19.7 Å². The van der Waals surface area contributed by atoms with Gasteiger partial charge in [-0.2, -0.15) is 14.8 Å². The van der Waals surface area contributed by atoms with Crippen LogP contribution in [-0.4, -0.2) is 39.4 Å². The molecule has 1 saturated heterocycles. The Labute approximate surface area is 154 Å². The van der Waals surface area contributed by atoms with Gasteiger partial charge in [-0.15, -0.1) is 0 Å². The molecule has 0 saturated carbocycles. The van der Waals surface area contributed by atoms with Gasteiger partial charge in [0.2, 0.25) is 0 Å². The van der Waals surface area contributed by atoms with Crippen molar-refractivity contribution in [3.05, 3.63) is 72.6 Å². The second kappa shape index (κ2) is 8.15. The number of aromatic nitrogens is 3. The molecule has 0 radical (unpaired) electrons. The standard InChI is InChI=1S/C21H24N4O/c1-3-7-18(8-4-1)15-24-13-11-19(12-14-24)16-26-21-22-17-23-25(21)20-9-5-2-6-10-20/h1-10,17,19H,11-16H2. The maximum absolute atomic E-state index is 6.00. The SMILES string of the molecule is c1ccc(CN2CCC(COc3ncnn3-c3ccccc3)CC2)cc1. The lowest BCUT2D eigenvalue weighted by Crippen LogP contribution is -2.35. The van der Waals surface area contributed by atoms with Crippen molar-refractivity contribution < 1.29 is 4.74 Å². The van der Waals surface area contributed by atoms with Crippen LogP contribution in [0.25, 0.3) is 5.69 Å². The zero-order valence-electron chi connectivity index (χ0n) is 14.9. The van der Waals surface area contributed by atoms with E-state index in [1.807, 2.05) is 30.3 Å². The van der Waals surface area contributed by atoms with Crippen LogP contribution in [0.2, 0.25) is 0 Å². The normalized spacial score (nSPS) is 15.8. The third-order valence-corrected chi connectivity index (χ3v) is 4.92. The van der Waals surface area contributed by atoms with Gasteiger partial charge < -0.3 is 4.74 Å². The van der Waals surface area contributed by atoms with Gasteiger partial charge in [-0.3, -0.25) is 4.90 Å². The summed E-state index contributed by atoms with van der Waals surface area (Å²) in [6.07, 6.45) is 3.86. The van der Waals surface area contributed by atoms with Gasteiger partial charge in [-0.1, -0.05) is 48.5 Å². The summed E-state index contributed by atoms with van der Waals surface area (Å²) in [5, 5.41) is 4.28. The molecule has 0 bridgehead atoms. The number of ether oxygens (including phenoxy) is 1. The number of piperidine rings is 1. The molecular weight excluding hydrogens is 324 g/mol. The van der Waals surface area contributed by atoms with Gasteiger partial charge in [-0.25, -0.2) is 0 Å². The number of nitrogens with zero attached hydrogens (tertiary/aromatic N) is 4. The van der Waals surface area contributed by atoms with Crippen molar-refractivity contribution in [1.29, 1.82) is 0 Å². The Morgan fingerprint density at radius 1 is 0.923 bits per heavy atom. The van der Waals surface area contributed by atoms with Crippen molar-refractivity contribution in [3.63, 3.8) is 0 Å². The average molecular weight is 348 g/mol. The Hall–Kier alpha value is -2.66. The summed E-state index contributed by atoms with van der Waals surface area (Å²) in [5.41, 5.74) is 2.36. The summed E-state index contributed by atoms with van der Waals surface area (Å²) in [4.78, 5) is 6.79. The summed E-state index contributed by atoms with van der Waals surface area (Å²) in [6, 6.07) is 21.2. The van der Waals surface area contributed by atoms with Crippen LogP contribution in [0.3, 0.4) is 0 Å². The molecular formula is C21H24N4O. The Bertz CT molecular complexity index is 795. The zero-order chi connectivity index (χ0) is 17.6. The molecule has 5 nitrogen and oxygen atoms in total. The molecule has 134 valence electrons. The Morgan fingerprint density at radius 3 is 2.35 bits per heavy atom. The Balaban J connectivity index is 1.28. The minimum Gasteiger partial charge on any atom is -0.463 e. The maximum Gasteiger partial charge on any atom is 0.319 e. The van der Waals surface area contributed by atoms with Crippen LogP contribution in [0.1, 0.15) is 18.4 Å². The summed E-state index contributed by atoms with van der Waals surface area (Å²) in [6.45, 7) is 3.98. The van der Waals surface area contributed by atoms with Crippen molar-refractivity contribution in [2.45, 2.75) is 19.4 Å². The fourth-order valence-electron chi connectivity index (χ4n) is 3.42. The number of hydrogen-bond acceptors (Lipinski definition) is 4. The molecule has 0 N–H and O–H groups in total. The lowest BCUT2D eigenvalue weighted by Gasteiger charge is -2.31. The van der Waals surface area contributed by atoms with Crippen molar-refractivity contribution in [2.24, 2.45) is 5.92 Å². The summed E-state index contributed by atoms with van der Waals surface area (Å²) >= 11 is 0. The number of para-hydroxylation sites is 1. The molecule has 1 fully saturated rings. The molecule has 0 unspecified atom stereocenters. The first-order valence-electron chi connectivity index (χ1n) is 9.23. The first-order chi connectivity index (χ1) is 12.9. The van der Waals surface area contributed by atoms with Gasteiger partial charge >= 0.3 is 6.01 Å². The molecule has 0 atom stereocenters. The zero-order valence-corrected chi connectivity index (χ0v) is 14.9. The average Bonchev–Trinajstić information content (AvgIpc) is 3.18. The minimum absolute atomic E-state index is 0.572. The largest absolute Gasteiger partial charge is 0.463 e. The van der Waals surface area contributed by atoms with E-state index in [2.05, 4.69) is 45.3 Å². The van der Waals surface area contributed by atoms with Crippen molar-refractivity contribution in [3.8, 4) is 11.7 Å². The number of benzene rings is 2. The van der Waals surface area contributed by atoms with E-state index < -0.39 is 0 Å². The third kappa shape index (κ3) is 4.11. The molecule has 3 aromatic rings. The van der Waals surface area contributed by atoms with Gasteiger partial charge in [0.1, 0.15) is 6.33 Å². The van der Waals surface area contributed by atoms with Gasteiger partial charge in [-0.05, 0) is 49.5 Å². The number of likely N-dealkylation sites (tertiary alicyclic amines) is 1. The van der Waals surface area contributed by atoms with Gasteiger partial charge in [0.05, 0.1) is 12.3 Å². The van der Waals surface area contributed by atoms with E-state index >= 15 is 0 Å². The highest BCUT2D eigenvalue weighted by Gasteiger charge is 2.20. The Kier molecular flexibility index (Phi) is 5.26.